The van der Waals surface area contributed by atoms with Crippen molar-refractivity contribution in [2.24, 2.45) is 16.7 Å². The molecule has 2 aliphatic rings. The third kappa shape index (κ3) is 1.82. The van der Waals surface area contributed by atoms with E-state index < -0.39 is 16.6 Å². The first kappa shape index (κ1) is 14.7. The van der Waals surface area contributed by atoms with E-state index in [0.29, 0.717) is 18.5 Å². The summed E-state index contributed by atoms with van der Waals surface area (Å²) in [6, 6.07) is 7.38. The van der Waals surface area contributed by atoms with Gasteiger partial charge in [0.25, 0.3) is 0 Å². The van der Waals surface area contributed by atoms with Crippen molar-refractivity contribution in [3.63, 3.8) is 0 Å². The van der Waals surface area contributed by atoms with Gasteiger partial charge in [0.2, 0.25) is 17.5 Å². The first-order chi connectivity index (χ1) is 9.80. The van der Waals surface area contributed by atoms with Gasteiger partial charge >= 0.3 is 0 Å². The molecule has 0 spiro atoms. The molecule has 2 aliphatic carbocycles. The van der Waals surface area contributed by atoms with Crippen LogP contribution >= 0.6 is 22.6 Å². The minimum Gasteiger partial charge on any atom is -0.325 e. The maximum absolute atomic E-state index is 12.8. The molecule has 0 aliphatic heterocycles. The average molecular weight is 397 g/mol. The normalized spacial score (nSPS) is 29.8. The molecular formula is C16H16INO3. The Kier molecular flexibility index (Phi) is 3.24. The van der Waals surface area contributed by atoms with Crippen molar-refractivity contribution >= 4 is 45.8 Å². The van der Waals surface area contributed by atoms with Crippen LogP contribution in [-0.2, 0) is 14.4 Å². The van der Waals surface area contributed by atoms with Crippen LogP contribution in [0.4, 0.5) is 5.69 Å². The number of fused-ring (bicyclic) bond motifs is 2. The SMILES string of the molecule is CC1(C)C2CCC1(C(=O)Nc1ccc(I)cc1)C(=O)C2=O. The molecule has 110 valence electrons. The van der Waals surface area contributed by atoms with Crippen molar-refractivity contribution in [1.82, 2.24) is 0 Å². The second-order valence-corrected chi connectivity index (χ2v) is 7.62. The molecule has 0 heterocycles. The van der Waals surface area contributed by atoms with Gasteiger partial charge in [-0.05, 0) is 65.1 Å². The molecule has 1 amide bonds. The summed E-state index contributed by atoms with van der Waals surface area (Å²) in [5.74, 6) is -1.53. The predicted molar refractivity (Wildman–Crippen MR) is 86.7 cm³/mol. The number of rotatable bonds is 2. The Morgan fingerprint density at radius 2 is 1.86 bits per heavy atom. The standard InChI is InChI=1S/C16H16INO3/c1-15(2)11-7-8-16(15,13(20)12(11)19)14(21)18-10-5-3-9(17)4-6-10/h3-6,11H,7-8H2,1-2H3,(H,18,21). The molecule has 1 aromatic carbocycles. The molecule has 2 bridgehead atoms. The summed E-state index contributed by atoms with van der Waals surface area (Å²) in [4.78, 5) is 37.2. The third-order valence-electron chi connectivity index (χ3n) is 5.20. The highest BCUT2D eigenvalue weighted by Gasteiger charge is 2.72. The molecule has 4 nitrogen and oxygen atoms in total. The molecule has 2 unspecified atom stereocenters. The van der Waals surface area contributed by atoms with Gasteiger partial charge in [-0.3, -0.25) is 14.4 Å². The number of ketones is 2. The van der Waals surface area contributed by atoms with Crippen molar-refractivity contribution in [1.29, 1.82) is 0 Å². The van der Waals surface area contributed by atoms with Crippen LogP contribution in [0.3, 0.4) is 0 Å². The highest BCUT2D eigenvalue weighted by molar-refractivity contribution is 14.1. The quantitative estimate of drug-likeness (QED) is 0.474. The van der Waals surface area contributed by atoms with E-state index in [0.717, 1.165) is 3.57 Å². The number of halogens is 1. The second-order valence-electron chi connectivity index (χ2n) is 6.37. The fourth-order valence-electron chi connectivity index (χ4n) is 3.86. The monoisotopic (exact) mass is 397 g/mol. The Labute approximate surface area is 136 Å². The molecule has 1 aromatic rings. The number of carbonyl (C=O) groups is 3. The molecule has 0 radical (unpaired) electrons. The number of amides is 1. The lowest BCUT2D eigenvalue weighted by atomic mass is 9.68. The maximum Gasteiger partial charge on any atom is 0.239 e. The van der Waals surface area contributed by atoms with Crippen molar-refractivity contribution < 1.29 is 14.4 Å². The number of carbonyl (C=O) groups excluding carboxylic acids is 3. The van der Waals surface area contributed by atoms with Crippen LogP contribution in [0, 0.1) is 20.3 Å². The van der Waals surface area contributed by atoms with Crippen molar-refractivity contribution in [3.05, 3.63) is 27.8 Å². The summed E-state index contributed by atoms with van der Waals surface area (Å²) in [6.45, 7) is 3.72. The largest absolute Gasteiger partial charge is 0.325 e. The lowest BCUT2D eigenvalue weighted by Gasteiger charge is -2.33. The van der Waals surface area contributed by atoms with Crippen molar-refractivity contribution in [2.75, 3.05) is 5.32 Å². The van der Waals surface area contributed by atoms with Gasteiger partial charge in [0, 0.05) is 15.2 Å². The molecule has 2 atom stereocenters. The molecular weight excluding hydrogens is 381 g/mol. The lowest BCUT2D eigenvalue weighted by molar-refractivity contribution is -0.147. The zero-order chi connectivity index (χ0) is 15.4. The average Bonchev–Trinajstić information content (AvgIpc) is 2.78. The van der Waals surface area contributed by atoms with Crippen molar-refractivity contribution in [3.8, 4) is 0 Å². The van der Waals surface area contributed by atoms with E-state index in [2.05, 4.69) is 27.9 Å². The summed E-state index contributed by atoms with van der Waals surface area (Å²) < 4.78 is 1.07. The van der Waals surface area contributed by atoms with E-state index in [1.807, 2.05) is 26.0 Å². The Morgan fingerprint density at radius 3 is 2.38 bits per heavy atom. The Hall–Kier alpha value is -1.24. The van der Waals surface area contributed by atoms with E-state index >= 15 is 0 Å². The van der Waals surface area contributed by atoms with Crippen molar-refractivity contribution in [2.45, 2.75) is 26.7 Å². The van der Waals surface area contributed by atoms with Crippen LogP contribution < -0.4 is 5.32 Å². The van der Waals surface area contributed by atoms with E-state index in [9.17, 15) is 14.4 Å². The number of Topliss-reactive ketones (excluding diaryl/α,β-unsaturated/α-hetero) is 2. The van der Waals surface area contributed by atoms with E-state index in [1.165, 1.54) is 0 Å². The first-order valence-electron chi connectivity index (χ1n) is 6.96. The zero-order valence-corrected chi connectivity index (χ0v) is 14.1. The predicted octanol–water partition coefficient (Wildman–Crippen LogP) is 2.80. The number of anilines is 1. The van der Waals surface area contributed by atoms with Gasteiger partial charge in [0.1, 0.15) is 5.41 Å². The van der Waals surface area contributed by atoms with E-state index in [4.69, 9.17) is 0 Å². The molecule has 5 heteroatoms. The van der Waals surface area contributed by atoms with Crippen LogP contribution in [0.1, 0.15) is 26.7 Å². The fourth-order valence-corrected chi connectivity index (χ4v) is 4.21. The Bertz CT molecular complexity index is 650. The van der Waals surface area contributed by atoms with E-state index in [1.54, 1.807) is 12.1 Å². The first-order valence-corrected chi connectivity index (χ1v) is 8.04. The molecule has 0 aromatic heterocycles. The number of benzene rings is 1. The summed E-state index contributed by atoms with van der Waals surface area (Å²) >= 11 is 2.19. The van der Waals surface area contributed by atoms with Gasteiger partial charge in [0.15, 0.2) is 0 Å². The summed E-state index contributed by atoms with van der Waals surface area (Å²) in [6.07, 6.45) is 1.09. The van der Waals surface area contributed by atoms with Crippen LogP contribution in [0.25, 0.3) is 0 Å². The van der Waals surface area contributed by atoms with E-state index in [-0.39, 0.29) is 17.6 Å². The molecule has 2 saturated carbocycles. The summed E-state index contributed by atoms with van der Waals surface area (Å²) in [5.41, 5.74) is -1.15. The summed E-state index contributed by atoms with van der Waals surface area (Å²) in [7, 11) is 0. The number of nitrogens with one attached hydrogen (secondary N) is 1. The van der Waals surface area contributed by atoms with Gasteiger partial charge < -0.3 is 5.32 Å². The number of hydrogen-bond acceptors (Lipinski definition) is 3. The summed E-state index contributed by atoms with van der Waals surface area (Å²) in [5, 5.41) is 2.82. The molecule has 21 heavy (non-hydrogen) atoms. The fraction of sp³-hybridized carbons (Fsp3) is 0.438. The zero-order valence-electron chi connectivity index (χ0n) is 11.9. The Morgan fingerprint density at radius 1 is 1.24 bits per heavy atom. The van der Waals surface area contributed by atoms with Gasteiger partial charge in [-0.15, -0.1) is 0 Å². The Balaban J connectivity index is 1.95. The highest BCUT2D eigenvalue weighted by atomic mass is 127. The maximum atomic E-state index is 12.8. The minimum absolute atomic E-state index is 0.313. The van der Waals surface area contributed by atoms with Crippen LogP contribution in [0.5, 0.6) is 0 Å². The lowest BCUT2D eigenvalue weighted by Crippen LogP contribution is -2.47. The smallest absolute Gasteiger partial charge is 0.239 e. The minimum atomic E-state index is -1.20. The van der Waals surface area contributed by atoms with Gasteiger partial charge in [-0.2, -0.15) is 0 Å². The van der Waals surface area contributed by atoms with Crippen LogP contribution in [-0.4, -0.2) is 17.5 Å². The molecule has 0 saturated heterocycles. The van der Waals surface area contributed by atoms with Gasteiger partial charge in [0.05, 0.1) is 0 Å². The molecule has 1 N–H and O–H groups in total. The number of hydrogen-bond donors (Lipinski definition) is 1. The highest BCUT2D eigenvalue weighted by Crippen LogP contribution is 2.62. The second kappa shape index (κ2) is 4.63. The van der Waals surface area contributed by atoms with Crippen LogP contribution in [0.15, 0.2) is 24.3 Å². The molecule has 2 fully saturated rings. The van der Waals surface area contributed by atoms with Crippen LogP contribution in [0.2, 0.25) is 0 Å². The molecule has 3 rings (SSSR count). The van der Waals surface area contributed by atoms with Gasteiger partial charge in [-0.1, -0.05) is 13.8 Å². The third-order valence-corrected chi connectivity index (χ3v) is 5.92. The van der Waals surface area contributed by atoms with Gasteiger partial charge in [-0.25, -0.2) is 0 Å². The topological polar surface area (TPSA) is 63.2 Å².